The number of rotatable bonds is 5. The Morgan fingerprint density at radius 1 is 1.05 bits per heavy atom. The van der Waals surface area contributed by atoms with Crippen molar-refractivity contribution in [3.63, 3.8) is 0 Å². The molecule has 2 aromatic rings. The van der Waals surface area contributed by atoms with Crippen molar-refractivity contribution in [2.75, 3.05) is 16.4 Å². The Labute approximate surface area is 125 Å². The molecule has 0 saturated carbocycles. The lowest BCUT2D eigenvalue weighted by atomic mass is 10.1. The summed E-state index contributed by atoms with van der Waals surface area (Å²) >= 11 is 0. The molecule has 0 aliphatic heterocycles. The minimum Gasteiger partial charge on any atom is -0.399 e. The molecule has 0 saturated heterocycles. The number of carbonyl (C=O) groups is 1. The minimum atomic E-state index is -0.276. The molecular weight excluding hydrogens is 262 g/mol. The second-order valence-electron chi connectivity index (χ2n) is 5.01. The summed E-state index contributed by atoms with van der Waals surface area (Å²) in [6, 6.07) is 14.7. The van der Waals surface area contributed by atoms with Gasteiger partial charge in [-0.15, -0.1) is 0 Å². The topological polar surface area (TPSA) is 67.2 Å². The summed E-state index contributed by atoms with van der Waals surface area (Å²) in [6.45, 7) is 2.18. The predicted octanol–water partition coefficient (Wildman–Crippen LogP) is 4.26. The molecule has 21 heavy (non-hydrogen) atoms. The van der Waals surface area contributed by atoms with Gasteiger partial charge in [0.25, 0.3) is 0 Å². The molecule has 0 aliphatic rings. The highest BCUT2D eigenvalue weighted by atomic mass is 16.2. The first-order chi connectivity index (χ1) is 10.2. The van der Waals surface area contributed by atoms with Crippen molar-refractivity contribution in [2.45, 2.75) is 26.2 Å². The summed E-state index contributed by atoms with van der Waals surface area (Å²) in [4.78, 5) is 11.9. The van der Waals surface area contributed by atoms with Crippen LogP contribution >= 0.6 is 0 Å². The number of nitrogens with two attached hydrogens (primary N) is 1. The predicted molar refractivity (Wildman–Crippen MR) is 88.5 cm³/mol. The smallest absolute Gasteiger partial charge is 0.323 e. The third-order valence-corrected chi connectivity index (χ3v) is 3.18. The highest BCUT2D eigenvalue weighted by Crippen LogP contribution is 2.14. The molecule has 0 spiro atoms. The third-order valence-electron chi connectivity index (χ3n) is 3.18. The van der Waals surface area contributed by atoms with Gasteiger partial charge < -0.3 is 16.4 Å². The van der Waals surface area contributed by atoms with Crippen molar-refractivity contribution in [2.24, 2.45) is 0 Å². The molecule has 4 N–H and O–H groups in total. The number of unbranched alkanes of at least 4 members (excludes halogenated alkanes) is 1. The number of amides is 2. The maximum Gasteiger partial charge on any atom is 0.323 e. The van der Waals surface area contributed by atoms with Crippen LogP contribution in [0.15, 0.2) is 48.5 Å². The molecule has 0 atom stereocenters. The minimum absolute atomic E-state index is 0.276. The Morgan fingerprint density at radius 3 is 2.43 bits per heavy atom. The van der Waals surface area contributed by atoms with Crippen LogP contribution in [-0.2, 0) is 6.42 Å². The molecule has 110 valence electrons. The second-order valence-corrected chi connectivity index (χ2v) is 5.01. The number of nitrogens with one attached hydrogen (secondary N) is 2. The third kappa shape index (κ3) is 4.84. The molecule has 0 radical (unpaired) electrons. The summed E-state index contributed by atoms with van der Waals surface area (Å²) in [5, 5.41) is 5.55. The molecule has 0 heterocycles. The highest BCUT2D eigenvalue weighted by Gasteiger charge is 2.03. The molecule has 4 heteroatoms. The van der Waals surface area contributed by atoms with Gasteiger partial charge in [0.15, 0.2) is 0 Å². The molecule has 2 amide bonds. The van der Waals surface area contributed by atoms with Crippen LogP contribution in [0.2, 0.25) is 0 Å². The van der Waals surface area contributed by atoms with Gasteiger partial charge in [-0.3, -0.25) is 0 Å². The molecule has 4 nitrogen and oxygen atoms in total. The monoisotopic (exact) mass is 283 g/mol. The number of aryl methyl sites for hydroxylation is 1. The zero-order valence-corrected chi connectivity index (χ0v) is 12.2. The van der Waals surface area contributed by atoms with Crippen LogP contribution in [0.3, 0.4) is 0 Å². The fourth-order valence-electron chi connectivity index (χ4n) is 2.05. The standard InChI is InChI=1S/C17H21N3O/c1-2-3-5-13-8-10-15(11-9-13)19-17(21)20-16-7-4-6-14(18)12-16/h4,6-12H,2-3,5,18H2,1H3,(H2,19,20,21). The van der Waals surface area contributed by atoms with Crippen LogP contribution in [0.1, 0.15) is 25.3 Å². The number of benzene rings is 2. The van der Waals surface area contributed by atoms with E-state index in [1.54, 1.807) is 24.3 Å². The zero-order chi connectivity index (χ0) is 15.1. The van der Waals surface area contributed by atoms with Crippen molar-refractivity contribution >= 4 is 23.1 Å². The number of anilines is 3. The quantitative estimate of drug-likeness (QED) is 0.718. The van der Waals surface area contributed by atoms with Crippen molar-refractivity contribution in [1.82, 2.24) is 0 Å². The normalized spacial score (nSPS) is 10.1. The van der Waals surface area contributed by atoms with Crippen molar-refractivity contribution in [1.29, 1.82) is 0 Å². The molecular formula is C17H21N3O. The summed E-state index contributed by atoms with van der Waals surface area (Å²) in [5.41, 5.74) is 9.03. The number of nitrogen functional groups attached to an aromatic ring is 1. The first-order valence-electron chi connectivity index (χ1n) is 7.20. The second kappa shape index (κ2) is 7.33. The average Bonchev–Trinajstić information content (AvgIpc) is 2.46. The van der Waals surface area contributed by atoms with E-state index in [-0.39, 0.29) is 6.03 Å². The maximum absolute atomic E-state index is 11.9. The van der Waals surface area contributed by atoms with Gasteiger partial charge in [0, 0.05) is 17.1 Å². The molecule has 0 aromatic heterocycles. The van der Waals surface area contributed by atoms with E-state index in [4.69, 9.17) is 5.73 Å². The SMILES string of the molecule is CCCCc1ccc(NC(=O)Nc2cccc(N)c2)cc1. The summed E-state index contributed by atoms with van der Waals surface area (Å²) < 4.78 is 0. The lowest BCUT2D eigenvalue weighted by Crippen LogP contribution is -2.19. The molecule has 2 rings (SSSR count). The fourth-order valence-corrected chi connectivity index (χ4v) is 2.05. The Morgan fingerprint density at radius 2 is 1.76 bits per heavy atom. The van der Waals surface area contributed by atoms with Gasteiger partial charge in [-0.05, 0) is 48.7 Å². The Hall–Kier alpha value is -2.49. The number of urea groups is 1. The summed E-state index contributed by atoms with van der Waals surface area (Å²) in [7, 11) is 0. The molecule has 2 aromatic carbocycles. The van der Waals surface area contributed by atoms with Crippen LogP contribution in [0.4, 0.5) is 21.9 Å². The summed E-state index contributed by atoms with van der Waals surface area (Å²) in [6.07, 6.45) is 3.44. The highest BCUT2D eigenvalue weighted by molar-refractivity contribution is 5.99. The first-order valence-corrected chi connectivity index (χ1v) is 7.20. The molecule has 0 aliphatic carbocycles. The van der Waals surface area contributed by atoms with E-state index in [1.807, 2.05) is 24.3 Å². The van der Waals surface area contributed by atoms with Gasteiger partial charge in [-0.2, -0.15) is 0 Å². The number of carbonyl (C=O) groups excluding carboxylic acids is 1. The van der Waals surface area contributed by atoms with E-state index in [2.05, 4.69) is 17.6 Å². The van der Waals surface area contributed by atoms with Gasteiger partial charge in [-0.1, -0.05) is 31.5 Å². The van der Waals surface area contributed by atoms with E-state index in [0.29, 0.717) is 11.4 Å². The van der Waals surface area contributed by atoms with E-state index in [1.165, 1.54) is 18.4 Å². The van der Waals surface area contributed by atoms with Gasteiger partial charge >= 0.3 is 6.03 Å². The van der Waals surface area contributed by atoms with E-state index in [9.17, 15) is 4.79 Å². The molecule has 0 unspecified atom stereocenters. The molecule has 0 fully saturated rings. The number of hydrogen-bond acceptors (Lipinski definition) is 2. The van der Waals surface area contributed by atoms with Crippen LogP contribution in [-0.4, -0.2) is 6.03 Å². The fraction of sp³-hybridized carbons (Fsp3) is 0.235. The first kappa shape index (κ1) is 14.9. The van der Waals surface area contributed by atoms with Gasteiger partial charge in [-0.25, -0.2) is 4.79 Å². The van der Waals surface area contributed by atoms with Crippen molar-refractivity contribution in [3.8, 4) is 0 Å². The van der Waals surface area contributed by atoms with Gasteiger partial charge in [0.1, 0.15) is 0 Å². The van der Waals surface area contributed by atoms with Crippen molar-refractivity contribution < 1.29 is 4.79 Å². The van der Waals surface area contributed by atoms with Crippen molar-refractivity contribution in [3.05, 3.63) is 54.1 Å². The van der Waals surface area contributed by atoms with E-state index < -0.39 is 0 Å². The van der Waals surface area contributed by atoms with Crippen LogP contribution in [0.25, 0.3) is 0 Å². The Bertz CT molecular complexity index is 593. The maximum atomic E-state index is 11.9. The van der Waals surface area contributed by atoms with Gasteiger partial charge in [0.05, 0.1) is 0 Å². The van der Waals surface area contributed by atoms with Crippen LogP contribution < -0.4 is 16.4 Å². The zero-order valence-electron chi connectivity index (χ0n) is 12.2. The van der Waals surface area contributed by atoms with Crippen LogP contribution in [0, 0.1) is 0 Å². The van der Waals surface area contributed by atoms with Crippen LogP contribution in [0.5, 0.6) is 0 Å². The Balaban J connectivity index is 1.90. The molecule has 0 bridgehead atoms. The average molecular weight is 283 g/mol. The lowest BCUT2D eigenvalue weighted by Gasteiger charge is -2.09. The van der Waals surface area contributed by atoms with E-state index in [0.717, 1.165) is 12.1 Å². The largest absolute Gasteiger partial charge is 0.399 e. The lowest BCUT2D eigenvalue weighted by molar-refractivity contribution is 0.262. The van der Waals surface area contributed by atoms with E-state index >= 15 is 0 Å². The number of hydrogen-bond donors (Lipinski definition) is 3. The van der Waals surface area contributed by atoms with Gasteiger partial charge in [0.2, 0.25) is 0 Å². The summed E-state index contributed by atoms with van der Waals surface area (Å²) in [5.74, 6) is 0. The Kier molecular flexibility index (Phi) is 5.21.